The number of fused-ring (bicyclic) bond motifs is 3. The van der Waals surface area contributed by atoms with Crippen LogP contribution in [0, 0.1) is 0 Å². The van der Waals surface area contributed by atoms with Crippen molar-refractivity contribution in [2.75, 3.05) is 6.54 Å². The van der Waals surface area contributed by atoms with Crippen LogP contribution in [-0.2, 0) is 32.8 Å². The van der Waals surface area contributed by atoms with Crippen LogP contribution in [-0.4, -0.2) is 20.7 Å². The third kappa shape index (κ3) is 5.17. The molecule has 0 saturated heterocycles. The van der Waals surface area contributed by atoms with Gasteiger partial charge in [0.25, 0.3) is 5.56 Å². The Kier molecular flexibility index (Phi) is 7.83. The standard InChI is InChI=1S/C24H21F3N4O2.2ClH/c1-30-20-6-8-28-13-19(20)18-4-3-16(10-21(18)30)31-9-7-17(11-23(31)32)33-14-15-2-5-22(29-12-15)24(25,26)27;;/h2-5,7,9-12,28H,6,8,13-14H2,1H3;2*1H. The highest BCUT2D eigenvalue weighted by atomic mass is 35.5. The number of pyridine rings is 2. The Balaban J connectivity index is 0.00000171. The van der Waals surface area contributed by atoms with E-state index in [1.165, 1.54) is 33.3 Å². The van der Waals surface area contributed by atoms with Gasteiger partial charge in [-0.2, -0.15) is 13.2 Å². The van der Waals surface area contributed by atoms with Crippen molar-refractivity contribution >= 4 is 35.7 Å². The highest BCUT2D eigenvalue weighted by molar-refractivity contribution is 5.87. The van der Waals surface area contributed by atoms with E-state index < -0.39 is 11.9 Å². The van der Waals surface area contributed by atoms with Crippen LogP contribution in [0.4, 0.5) is 13.2 Å². The average molecular weight is 527 g/mol. The van der Waals surface area contributed by atoms with Gasteiger partial charge in [0.15, 0.2) is 0 Å². The molecule has 0 aliphatic carbocycles. The summed E-state index contributed by atoms with van der Waals surface area (Å²) in [5, 5.41) is 4.59. The summed E-state index contributed by atoms with van der Waals surface area (Å²) < 4.78 is 47.2. The van der Waals surface area contributed by atoms with E-state index in [0.717, 1.165) is 43.0 Å². The lowest BCUT2D eigenvalue weighted by Crippen LogP contribution is -2.24. The normalized spacial score (nSPS) is 13.0. The fourth-order valence-corrected chi connectivity index (χ4v) is 4.25. The molecule has 1 aliphatic rings. The molecule has 0 fully saturated rings. The zero-order valence-electron chi connectivity index (χ0n) is 18.6. The van der Waals surface area contributed by atoms with E-state index in [0.29, 0.717) is 11.3 Å². The van der Waals surface area contributed by atoms with E-state index in [9.17, 15) is 18.0 Å². The maximum Gasteiger partial charge on any atom is 0.433 e. The second kappa shape index (κ2) is 10.3. The molecule has 1 aromatic carbocycles. The molecule has 0 unspecified atom stereocenters. The number of benzene rings is 1. The van der Waals surface area contributed by atoms with Crippen molar-refractivity contribution in [1.29, 1.82) is 0 Å². The SMILES string of the molecule is Cl.Cl.Cn1c2c(c3ccc(-n4ccc(OCc5ccc(C(F)(F)F)nc5)cc4=O)cc31)CNCC2. The van der Waals surface area contributed by atoms with Gasteiger partial charge in [-0.3, -0.25) is 14.3 Å². The van der Waals surface area contributed by atoms with Gasteiger partial charge in [0.1, 0.15) is 18.1 Å². The Labute approximate surface area is 211 Å². The molecule has 0 radical (unpaired) electrons. The first-order valence-electron chi connectivity index (χ1n) is 10.5. The van der Waals surface area contributed by atoms with Gasteiger partial charge in [-0.05, 0) is 29.8 Å². The molecule has 186 valence electrons. The highest BCUT2D eigenvalue weighted by Crippen LogP contribution is 2.29. The van der Waals surface area contributed by atoms with Gasteiger partial charge in [-0.25, -0.2) is 0 Å². The number of halogens is 5. The first-order chi connectivity index (χ1) is 15.8. The molecule has 11 heteroatoms. The molecule has 0 amide bonds. The Morgan fingerprint density at radius 1 is 1.11 bits per heavy atom. The molecule has 1 aliphatic heterocycles. The lowest BCUT2D eigenvalue weighted by Gasteiger charge is -2.14. The van der Waals surface area contributed by atoms with Gasteiger partial charge in [0, 0.05) is 61.7 Å². The van der Waals surface area contributed by atoms with E-state index in [1.54, 1.807) is 12.3 Å². The monoisotopic (exact) mass is 526 g/mol. The Morgan fingerprint density at radius 3 is 2.60 bits per heavy atom. The number of rotatable bonds is 4. The van der Waals surface area contributed by atoms with Gasteiger partial charge in [-0.15, -0.1) is 24.8 Å². The molecule has 1 N–H and O–H groups in total. The van der Waals surface area contributed by atoms with Crippen LogP contribution in [0.15, 0.2) is 59.7 Å². The van der Waals surface area contributed by atoms with Crippen LogP contribution >= 0.6 is 24.8 Å². The fraction of sp³-hybridized carbons (Fsp3) is 0.250. The topological polar surface area (TPSA) is 61.1 Å². The van der Waals surface area contributed by atoms with Crippen molar-refractivity contribution in [3.63, 3.8) is 0 Å². The molecule has 0 bridgehead atoms. The predicted molar refractivity (Wildman–Crippen MR) is 132 cm³/mol. The number of ether oxygens (including phenoxy) is 1. The lowest BCUT2D eigenvalue weighted by molar-refractivity contribution is -0.141. The molecular formula is C24H23Cl2F3N4O2. The number of aryl methyl sites for hydroxylation is 1. The van der Waals surface area contributed by atoms with Crippen molar-refractivity contribution < 1.29 is 17.9 Å². The van der Waals surface area contributed by atoms with Crippen molar-refractivity contribution in [1.82, 2.24) is 19.4 Å². The largest absolute Gasteiger partial charge is 0.489 e. The fourth-order valence-electron chi connectivity index (χ4n) is 4.25. The minimum absolute atomic E-state index is 0. The zero-order valence-corrected chi connectivity index (χ0v) is 20.3. The van der Waals surface area contributed by atoms with Gasteiger partial charge in [-0.1, -0.05) is 12.1 Å². The van der Waals surface area contributed by atoms with Gasteiger partial charge in [0.2, 0.25) is 0 Å². The number of hydrogen-bond donors (Lipinski definition) is 1. The van der Waals surface area contributed by atoms with Crippen molar-refractivity contribution in [3.8, 4) is 11.4 Å². The summed E-state index contributed by atoms with van der Waals surface area (Å²) >= 11 is 0. The highest BCUT2D eigenvalue weighted by Gasteiger charge is 2.32. The van der Waals surface area contributed by atoms with Crippen LogP contribution in [0.25, 0.3) is 16.6 Å². The number of hydrogen-bond acceptors (Lipinski definition) is 4. The van der Waals surface area contributed by atoms with Crippen LogP contribution in [0.1, 0.15) is 22.5 Å². The third-order valence-corrected chi connectivity index (χ3v) is 5.95. The second-order valence-electron chi connectivity index (χ2n) is 8.02. The molecule has 35 heavy (non-hydrogen) atoms. The van der Waals surface area contributed by atoms with Crippen molar-refractivity contribution in [2.45, 2.75) is 25.7 Å². The summed E-state index contributed by atoms with van der Waals surface area (Å²) in [5.41, 5.74) is 3.69. The van der Waals surface area contributed by atoms with E-state index in [1.807, 2.05) is 25.2 Å². The Morgan fingerprint density at radius 2 is 1.91 bits per heavy atom. The van der Waals surface area contributed by atoms with Crippen LogP contribution in [0.2, 0.25) is 0 Å². The van der Waals surface area contributed by atoms with Gasteiger partial charge >= 0.3 is 6.18 Å². The van der Waals surface area contributed by atoms with Gasteiger partial charge < -0.3 is 14.6 Å². The van der Waals surface area contributed by atoms with E-state index in [4.69, 9.17) is 4.74 Å². The Hall–Kier alpha value is -3.01. The minimum atomic E-state index is -4.48. The average Bonchev–Trinajstić information content (AvgIpc) is 3.09. The summed E-state index contributed by atoms with van der Waals surface area (Å²) in [6, 6.07) is 11.2. The van der Waals surface area contributed by atoms with E-state index in [2.05, 4.69) is 14.9 Å². The quantitative estimate of drug-likeness (QED) is 0.414. The second-order valence-corrected chi connectivity index (χ2v) is 8.02. The summed E-state index contributed by atoms with van der Waals surface area (Å²) in [4.78, 5) is 16.2. The molecule has 0 atom stereocenters. The van der Waals surface area contributed by atoms with Crippen molar-refractivity contribution in [2.24, 2.45) is 7.05 Å². The van der Waals surface area contributed by atoms with Crippen LogP contribution in [0.3, 0.4) is 0 Å². The van der Waals surface area contributed by atoms with E-state index >= 15 is 0 Å². The van der Waals surface area contributed by atoms with Crippen LogP contribution < -0.4 is 15.6 Å². The molecule has 4 heterocycles. The number of nitrogens with one attached hydrogen (secondary N) is 1. The predicted octanol–water partition coefficient (Wildman–Crippen LogP) is 4.81. The van der Waals surface area contributed by atoms with E-state index in [-0.39, 0.29) is 37.0 Å². The summed E-state index contributed by atoms with van der Waals surface area (Å²) in [7, 11) is 2.05. The molecule has 0 spiro atoms. The maximum atomic E-state index is 12.8. The molecule has 3 aromatic heterocycles. The molecule has 5 rings (SSSR count). The number of nitrogens with zero attached hydrogens (tertiary/aromatic N) is 3. The summed E-state index contributed by atoms with van der Waals surface area (Å²) in [5.74, 6) is 0.331. The number of alkyl halides is 3. The molecule has 0 saturated carbocycles. The summed E-state index contributed by atoms with van der Waals surface area (Å²) in [6.45, 7) is 1.80. The third-order valence-electron chi connectivity index (χ3n) is 5.95. The minimum Gasteiger partial charge on any atom is -0.489 e. The summed E-state index contributed by atoms with van der Waals surface area (Å²) in [6.07, 6.45) is -0.763. The lowest BCUT2D eigenvalue weighted by atomic mass is 10.1. The number of aromatic nitrogens is 3. The first-order valence-corrected chi connectivity index (χ1v) is 10.5. The molecule has 6 nitrogen and oxygen atoms in total. The maximum absolute atomic E-state index is 12.8. The Bertz CT molecular complexity index is 1400. The van der Waals surface area contributed by atoms with Gasteiger partial charge in [0.05, 0.1) is 11.2 Å². The van der Waals surface area contributed by atoms with Crippen LogP contribution in [0.5, 0.6) is 5.75 Å². The first kappa shape index (κ1) is 26.6. The zero-order chi connectivity index (χ0) is 23.2. The molecular weight excluding hydrogens is 504 g/mol. The smallest absolute Gasteiger partial charge is 0.433 e. The molecule has 4 aromatic rings. The van der Waals surface area contributed by atoms with Crippen molar-refractivity contribution in [3.05, 3.63) is 87.7 Å².